The molecule has 2 unspecified atom stereocenters. The van der Waals surface area contributed by atoms with Crippen LogP contribution in [0, 0.1) is 10.3 Å². The van der Waals surface area contributed by atoms with E-state index in [1.807, 2.05) is 20.8 Å². The molecule has 3 aliphatic rings. The Morgan fingerprint density at radius 3 is 2.37 bits per heavy atom. The number of nitrogens with one attached hydrogen (secondary N) is 1. The number of fused-ring (bicyclic) bond motifs is 3. The number of hydrogen-bond acceptors (Lipinski definition) is 7. The topological polar surface area (TPSA) is 90.4 Å². The summed E-state index contributed by atoms with van der Waals surface area (Å²) in [5, 5.41) is 7.00. The molecule has 1 aromatic rings. The number of carbonyl (C=O) groups excluding carboxylic acids is 1. The second-order valence-corrected chi connectivity index (χ2v) is 11.1. The molecule has 0 saturated carbocycles. The van der Waals surface area contributed by atoms with Crippen LogP contribution in [0.15, 0.2) is 17.4 Å². The van der Waals surface area contributed by atoms with Gasteiger partial charge in [-0.25, -0.2) is 14.8 Å². The molecule has 4 rings (SSSR count). The third-order valence-electron chi connectivity index (χ3n) is 6.18. The first-order valence-corrected chi connectivity index (χ1v) is 11.7. The number of carbonyl (C=O) groups is 1. The van der Waals surface area contributed by atoms with Gasteiger partial charge in [0.25, 0.3) is 0 Å². The number of hydrogen-bond donors (Lipinski definition) is 1. The van der Waals surface area contributed by atoms with E-state index in [9.17, 15) is 22.9 Å². The summed E-state index contributed by atoms with van der Waals surface area (Å²) in [5.74, 6) is 0.847. The minimum Gasteiger partial charge on any atom is -0.444 e. The molecule has 0 spiro atoms. The molecule has 1 aromatic heterocycles. The van der Waals surface area contributed by atoms with Crippen molar-refractivity contribution in [2.45, 2.75) is 77.7 Å². The summed E-state index contributed by atoms with van der Waals surface area (Å²) in [7, 11) is 1.44. The van der Waals surface area contributed by atoms with Crippen molar-refractivity contribution < 1.29 is 22.7 Å². The number of nitroso groups, excluding NO2 is 1. The highest BCUT2D eigenvalue weighted by Gasteiger charge is 2.43. The van der Waals surface area contributed by atoms with Gasteiger partial charge >= 0.3 is 12.3 Å². The van der Waals surface area contributed by atoms with E-state index in [4.69, 9.17) is 4.74 Å². The Kier molecular flexibility index (Phi) is 7.42. The lowest BCUT2D eigenvalue weighted by atomic mass is 9.89. The Morgan fingerprint density at radius 2 is 1.83 bits per heavy atom. The van der Waals surface area contributed by atoms with Crippen molar-refractivity contribution in [3.63, 3.8) is 0 Å². The number of amides is 1. The van der Waals surface area contributed by atoms with Crippen LogP contribution >= 0.6 is 0 Å². The summed E-state index contributed by atoms with van der Waals surface area (Å²) in [4.78, 5) is 32.4. The zero-order valence-corrected chi connectivity index (χ0v) is 21.1. The predicted octanol–water partition coefficient (Wildman–Crippen LogP) is 5.18. The molecule has 0 aliphatic carbocycles. The maximum Gasteiger partial charge on any atom is 0.410 e. The fourth-order valence-corrected chi connectivity index (χ4v) is 4.61. The predicted molar refractivity (Wildman–Crippen MR) is 128 cm³/mol. The Balaban J connectivity index is 1.77. The van der Waals surface area contributed by atoms with E-state index in [1.54, 1.807) is 17.0 Å². The normalized spacial score (nSPS) is 20.6. The molecule has 35 heavy (non-hydrogen) atoms. The van der Waals surface area contributed by atoms with Gasteiger partial charge in [0.15, 0.2) is 5.82 Å². The van der Waals surface area contributed by atoms with Gasteiger partial charge in [0.1, 0.15) is 11.4 Å². The van der Waals surface area contributed by atoms with Gasteiger partial charge < -0.3 is 19.9 Å². The Morgan fingerprint density at radius 1 is 1.17 bits per heavy atom. The van der Waals surface area contributed by atoms with Gasteiger partial charge in [0.2, 0.25) is 0 Å². The van der Waals surface area contributed by atoms with Crippen LogP contribution in [-0.2, 0) is 4.74 Å². The molecule has 4 heterocycles. The molecular formula is C23H35F3N6O3. The van der Waals surface area contributed by atoms with Gasteiger partial charge in [-0.05, 0) is 51.2 Å². The van der Waals surface area contributed by atoms with Crippen LogP contribution in [-0.4, -0.2) is 66.5 Å². The maximum absolute atomic E-state index is 12.9. The summed E-state index contributed by atoms with van der Waals surface area (Å²) < 4.78 is 44.2. The SMILES string of the molecule is CN(N=O)c1nc(N2CC3CCC2CN3C(=O)OC(C)(C)C)ccc1NCC(C)(C)CC(F)(F)F. The number of ether oxygens (including phenoxy) is 1. The first-order chi connectivity index (χ1) is 16.1. The fraction of sp³-hybridized carbons (Fsp3) is 0.739. The monoisotopic (exact) mass is 500 g/mol. The number of rotatable bonds is 7. The smallest absolute Gasteiger partial charge is 0.410 e. The number of pyridine rings is 1. The average molecular weight is 501 g/mol. The van der Waals surface area contributed by atoms with Crippen LogP contribution in [0.4, 0.5) is 35.3 Å². The van der Waals surface area contributed by atoms with Crippen molar-refractivity contribution in [3.05, 3.63) is 17.0 Å². The van der Waals surface area contributed by atoms with Crippen LogP contribution < -0.4 is 15.2 Å². The Hall–Kier alpha value is -2.79. The molecular weight excluding hydrogens is 465 g/mol. The molecule has 0 radical (unpaired) electrons. The molecule has 1 N–H and O–H groups in total. The summed E-state index contributed by atoms with van der Waals surface area (Å²) in [6.07, 6.45) is -3.81. The van der Waals surface area contributed by atoms with Crippen LogP contribution in [0.3, 0.4) is 0 Å². The Labute approximate surface area is 203 Å². The molecule has 3 saturated heterocycles. The van der Waals surface area contributed by atoms with E-state index in [-0.39, 0.29) is 30.5 Å². The van der Waals surface area contributed by atoms with Gasteiger partial charge in [0, 0.05) is 32.7 Å². The summed E-state index contributed by atoms with van der Waals surface area (Å²) in [5.41, 5.74) is -1.21. The van der Waals surface area contributed by atoms with Crippen molar-refractivity contribution in [3.8, 4) is 0 Å². The van der Waals surface area contributed by atoms with Crippen molar-refractivity contribution in [1.82, 2.24) is 9.88 Å². The number of alkyl halides is 3. The summed E-state index contributed by atoms with van der Waals surface area (Å²) in [6.45, 7) is 9.66. The van der Waals surface area contributed by atoms with Gasteiger partial charge in [0.05, 0.1) is 23.4 Å². The number of nitrogens with zero attached hydrogens (tertiary/aromatic N) is 5. The lowest BCUT2D eigenvalue weighted by molar-refractivity contribution is -0.152. The van der Waals surface area contributed by atoms with Gasteiger partial charge in [-0.1, -0.05) is 13.8 Å². The van der Waals surface area contributed by atoms with Crippen LogP contribution in [0.1, 0.15) is 53.9 Å². The largest absolute Gasteiger partial charge is 0.444 e. The summed E-state index contributed by atoms with van der Waals surface area (Å²) >= 11 is 0. The second-order valence-electron chi connectivity index (χ2n) is 11.1. The molecule has 9 nitrogen and oxygen atoms in total. The van der Waals surface area contributed by atoms with E-state index < -0.39 is 23.6 Å². The minimum atomic E-state index is -4.28. The van der Waals surface area contributed by atoms with E-state index in [0.717, 1.165) is 17.9 Å². The molecule has 12 heteroatoms. The van der Waals surface area contributed by atoms with Crippen molar-refractivity contribution in [2.24, 2.45) is 10.7 Å². The van der Waals surface area contributed by atoms with Crippen LogP contribution in [0.25, 0.3) is 0 Å². The maximum atomic E-state index is 12.9. The highest BCUT2D eigenvalue weighted by atomic mass is 19.4. The molecule has 3 fully saturated rings. The first kappa shape index (κ1) is 26.8. The quantitative estimate of drug-likeness (QED) is 0.408. The van der Waals surface area contributed by atoms with Crippen molar-refractivity contribution in [1.29, 1.82) is 0 Å². The molecule has 1 amide bonds. The van der Waals surface area contributed by atoms with Gasteiger partial charge in [-0.3, -0.25) is 0 Å². The van der Waals surface area contributed by atoms with Crippen molar-refractivity contribution in [2.75, 3.05) is 41.9 Å². The van der Waals surface area contributed by atoms with E-state index in [2.05, 4.69) is 20.5 Å². The lowest BCUT2D eigenvalue weighted by Crippen LogP contribution is -2.64. The fourth-order valence-electron chi connectivity index (χ4n) is 4.61. The van der Waals surface area contributed by atoms with E-state index in [0.29, 0.717) is 24.6 Å². The number of piperidine rings is 2. The van der Waals surface area contributed by atoms with Crippen molar-refractivity contribution >= 4 is 23.4 Å². The molecule has 0 aromatic carbocycles. The number of anilines is 3. The number of halogens is 3. The molecule has 2 bridgehead atoms. The summed E-state index contributed by atoms with van der Waals surface area (Å²) in [6, 6.07) is 3.49. The van der Waals surface area contributed by atoms with E-state index in [1.165, 1.54) is 20.9 Å². The average Bonchev–Trinajstić information content (AvgIpc) is 2.74. The standard InChI is InChI=1S/C23H35F3N6O3/c1-21(2,3)35-20(33)32-12-15-7-8-16(32)11-31(15)18-10-9-17(19(28-18)30(6)29-34)27-14-22(4,5)13-23(24,25)26/h9-10,15-16,27H,7-8,11-14H2,1-6H3. The third-order valence-corrected chi connectivity index (χ3v) is 6.18. The van der Waals surface area contributed by atoms with Crippen LogP contribution in [0.2, 0.25) is 0 Å². The minimum absolute atomic E-state index is 0.0250. The zero-order chi connectivity index (χ0) is 26.2. The lowest BCUT2D eigenvalue weighted by Gasteiger charge is -2.51. The molecule has 196 valence electrons. The second kappa shape index (κ2) is 9.69. The Bertz CT molecular complexity index is 934. The number of piperazine rings is 1. The highest BCUT2D eigenvalue weighted by Crippen LogP contribution is 2.37. The van der Waals surface area contributed by atoms with Crippen LogP contribution in [0.5, 0.6) is 0 Å². The molecule has 2 atom stereocenters. The number of aromatic nitrogens is 1. The molecule has 3 aliphatic heterocycles. The third kappa shape index (κ3) is 6.88. The van der Waals surface area contributed by atoms with E-state index >= 15 is 0 Å². The first-order valence-electron chi connectivity index (χ1n) is 11.7. The van der Waals surface area contributed by atoms with Gasteiger partial charge in [-0.2, -0.15) is 13.2 Å². The van der Waals surface area contributed by atoms with Gasteiger partial charge in [-0.15, -0.1) is 4.91 Å². The zero-order valence-electron chi connectivity index (χ0n) is 21.1. The highest BCUT2D eigenvalue weighted by molar-refractivity contribution is 5.71.